The van der Waals surface area contributed by atoms with Gasteiger partial charge in [0, 0.05) is 0 Å². The second kappa shape index (κ2) is 10.5. The summed E-state index contributed by atoms with van der Waals surface area (Å²) in [5.74, 6) is 0.676. The summed E-state index contributed by atoms with van der Waals surface area (Å²) in [6, 6.07) is 6.86. The Morgan fingerprint density at radius 3 is 2.48 bits per heavy atom. The minimum Gasteiger partial charge on any atom is -0.0996 e. The molecule has 0 aliphatic rings. The first-order chi connectivity index (χ1) is 11.0. The summed E-state index contributed by atoms with van der Waals surface area (Å²) in [6.07, 6.45) is 9.84. The van der Waals surface area contributed by atoms with Crippen LogP contribution in [0, 0.1) is 12.8 Å². The molecule has 1 aromatic carbocycles. The summed E-state index contributed by atoms with van der Waals surface area (Å²) in [5, 5.41) is 0. The summed E-state index contributed by atoms with van der Waals surface area (Å²) < 4.78 is 0. The molecule has 0 nitrogen and oxygen atoms in total. The van der Waals surface area contributed by atoms with Gasteiger partial charge in [-0.3, -0.25) is 0 Å². The third-order valence-corrected chi connectivity index (χ3v) is 5.01. The van der Waals surface area contributed by atoms with Crippen molar-refractivity contribution in [2.75, 3.05) is 0 Å². The summed E-state index contributed by atoms with van der Waals surface area (Å²) in [5.41, 5.74) is 6.81. The van der Waals surface area contributed by atoms with Crippen LogP contribution in [0.2, 0.25) is 0 Å². The fourth-order valence-electron chi connectivity index (χ4n) is 3.07. The average molecular weight is 313 g/mol. The van der Waals surface area contributed by atoms with E-state index >= 15 is 0 Å². The van der Waals surface area contributed by atoms with Crippen molar-refractivity contribution in [2.45, 2.75) is 79.1 Å². The Bertz CT molecular complexity index is 507. The number of allylic oxidation sites excluding steroid dienone is 2. The standard InChI is InChI=1S/C23H36/c1-7-9-10-12-19(4)20(5)13-11-14-22-16-15-21(6)23(17-22)18(3)8-2/h15-17,19H,3,5,7-14H2,1-2,4,6H3. The molecule has 1 atom stereocenters. The largest absolute Gasteiger partial charge is 0.0996 e. The molecule has 0 heteroatoms. The van der Waals surface area contributed by atoms with Gasteiger partial charge in [0.1, 0.15) is 0 Å². The Morgan fingerprint density at radius 1 is 1.09 bits per heavy atom. The van der Waals surface area contributed by atoms with E-state index in [2.05, 4.69) is 59.1 Å². The lowest BCUT2D eigenvalue weighted by atomic mass is 9.91. The van der Waals surface area contributed by atoms with Gasteiger partial charge in [-0.2, -0.15) is 0 Å². The highest BCUT2D eigenvalue weighted by Gasteiger charge is 2.07. The van der Waals surface area contributed by atoms with Gasteiger partial charge in [0.2, 0.25) is 0 Å². The van der Waals surface area contributed by atoms with Gasteiger partial charge in [-0.15, -0.1) is 0 Å². The van der Waals surface area contributed by atoms with Crippen LogP contribution in [0.25, 0.3) is 5.57 Å². The molecular weight excluding hydrogens is 276 g/mol. The maximum atomic E-state index is 4.32. The first-order valence-electron chi connectivity index (χ1n) is 9.44. The van der Waals surface area contributed by atoms with Gasteiger partial charge in [0.15, 0.2) is 0 Å². The lowest BCUT2D eigenvalue weighted by Gasteiger charge is -2.15. The van der Waals surface area contributed by atoms with Gasteiger partial charge in [0.25, 0.3) is 0 Å². The Hall–Kier alpha value is -1.30. The molecule has 1 rings (SSSR count). The summed E-state index contributed by atoms with van der Waals surface area (Å²) in [4.78, 5) is 0. The fraction of sp³-hybridized carbons (Fsp3) is 0.565. The van der Waals surface area contributed by atoms with Crippen LogP contribution in [0.1, 0.15) is 82.4 Å². The van der Waals surface area contributed by atoms with Crippen molar-refractivity contribution in [3.63, 3.8) is 0 Å². The Balaban J connectivity index is 2.46. The Kier molecular flexibility index (Phi) is 8.99. The van der Waals surface area contributed by atoms with Gasteiger partial charge in [-0.25, -0.2) is 0 Å². The molecule has 0 N–H and O–H groups in total. The highest BCUT2D eigenvalue weighted by Crippen LogP contribution is 2.24. The molecule has 0 saturated carbocycles. The fourth-order valence-corrected chi connectivity index (χ4v) is 3.07. The molecule has 1 unspecified atom stereocenters. The lowest BCUT2D eigenvalue weighted by molar-refractivity contribution is 0.536. The molecule has 0 bridgehead atoms. The van der Waals surface area contributed by atoms with Crippen LogP contribution >= 0.6 is 0 Å². The molecule has 0 radical (unpaired) electrons. The zero-order chi connectivity index (χ0) is 17.2. The molecule has 0 fully saturated rings. The maximum absolute atomic E-state index is 4.32. The highest BCUT2D eigenvalue weighted by atomic mass is 14.1. The zero-order valence-corrected chi connectivity index (χ0v) is 15.9. The van der Waals surface area contributed by atoms with Crippen LogP contribution in [-0.4, -0.2) is 0 Å². The van der Waals surface area contributed by atoms with Crippen LogP contribution in [-0.2, 0) is 6.42 Å². The number of rotatable bonds is 11. The number of hydrogen-bond acceptors (Lipinski definition) is 0. The van der Waals surface area contributed by atoms with Gasteiger partial charge >= 0.3 is 0 Å². The highest BCUT2D eigenvalue weighted by molar-refractivity contribution is 5.66. The topological polar surface area (TPSA) is 0 Å². The number of hydrogen-bond donors (Lipinski definition) is 0. The van der Waals surface area contributed by atoms with Crippen molar-refractivity contribution in [3.8, 4) is 0 Å². The van der Waals surface area contributed by atoms with Gasteiger partial charge in [0.05, 0.1) is 0 Å². The van der Waals surface area contributed by atoms with Crippen molar-refractivity contribution in [2.24, 2.45) is 5.92 Å². The molecule has 23 heavy (non-hydrogen) atoms. The molecular formula is C23H36. The molecule has 0 saturated heterocycles. The second-order valence-corrected chi connectivity index (χ2v) is 7.02. The molecule has 0 aromatic heterocycles. The van der Waals surface area contributed by atoms with Crippen LogP contribution in [0.4, 0.5) is 0 Å². The van der Waals surface area contributed by atoms with Crippen molar-refractivity contribution >= 4 is 5.57 Å². The summed E-state index contributed by atoms with van der Waals surface area (Å²) in [7, 11) is 0. The van der Waals surface area contributed by atoms with Gasteiger partial charge in [-0.1, -0.05) is 77.0 Å². The van der Waals surface area contributed by atoms with Crippen LogP contribution in [0.5, 0.6) is 0 Å². The number of benzene rings is 1. The van der Waals surface area contributed by atoms with Gasteiger partial charge < -0.3 is 0 Å². The van der Waals surface area contributed by atoms with E-state index in [-0.39, 0.29) is 0 Å². The Labute approximate surface area is 144 Å². The van der Waals surface area contributed by atoms with E-state index in [0.29, 0.717) is 5.92 Å². The molecule has 0 heterocycles. The molecule has 1 aromatic rings. The quantitative estimate of drug-likeness (QED) is 0.293. The van der Waals surface area contributed by atoms with Crippen molar-refractivity contribution in [1.82, 2.24) is 0 Å². The predicted molar refractivity (Wildman–Crippen MR) is 106 cm³/mol. The van der Waals surface area contributed by atoms with Crippen LogP contribution in [0.15, 0.2) is 36.9 Å². The second-order valence-electron chi connectivity index (χ2n) is 7.02. The van der Waals surface area contributed by atoms with Crippen molar-refractivity contribution in [3.05, 3.63) is 53.6 Å². The number of aryl methyl sites for hydroxylation is 2. The minimum absolute atomic E-state index is 0.676. The lowest BCUT2D eigenvalue weighted by Crippen LogP contribution is -2.00. The maximum Gasteiger partial charge on any atom is -0.0198 e. The molecule has 0 spiro atoms. The third-order valence-electron chi connectivity index (χ3n) is 5.01. The van der Waals surface area contributed by atoms with E-state index in [9.17, 15) is 0 Å². The molecule has 0 amide bonds. The van der Waals surface area contributed by atoms with E-state index in [4.69, 9.17) is 0 Å². The normalized spacial score (nSPS) is 12.2. The summed E-state index contributed by atoms with van der Waals surface area (Å²) in [6.45, 7) is 17.5. The minimum atomic E-state index is 0.676. The van der Waals surface area contributed by atoms with E-state index < -0.39 is 0 Å². The smallest absolute Gasteiger partial charge is 0.0198 e. The van der Waals surface area contributed by atoms with Crippen molar-refractivity contribution in [1.29, 1.82) is 0 Å². The molecule has 0 aliphatic heterocycles. The van der Waals surface area contributed by atoms with Gasteiger partial charge in [-0.05, 0) is 67.2 Å². The van der Waals surface area contributed by atoms with E-state index in [1.165, 1.54) is 59.9 Å². The van der Waals surface area contributed by atoms with E-state index in [0.717, 1.165) is 19.3 Å². The SMILES string of the molecule is C=C(CC)c1cc(CCCC(=C)C(C)CCCCC)ccc1C. The van der Waals surface area contributed by atoms with Crippen LogP contribution in [0.3, 0.4) is 0 Å². The van der Waals surface area contributed by atoms with Crippen molar-refractivity contribution < 1.29 is 0 Å². The monoisotopic (exact) mass is 312 g/mol. The first kappa shape index (κ1) is 19.7. The van der Waals surface area contributed by atoms with E-state index in [1.54, 1.807) is 0 Å². The van der Waals surface area contributed by atoms with Crippen LogP contribution < -0.4 is 0 Å². The average Bonchev–Trinajstić information content (AvgIpc) is 2.55. The molecule has 128 valence electrons. The Morgan fingerprint density at radius 2 is 1.83 bits per heavy atom. The predicted octanol–water partition coefficient (Wildman–Crippen LogP) is 7.51. The molecule has 0 aliphatic carbocycles. The number of unbranched alkanes of at least 4 members (excludes halogenated alkanes) is 2. The van der Waals surface area contributed by atoms with E-state index in [1.807, 2.05) is 0 Å². The first-order valence-corrected chi connectivity index (χ1v) is 9.44. The summed E-state index contributed by atoms with van der Waals surface area (Å²) >= 11 is 0. The zero-order valence-electron chi connectivity index (χ0n) is 15.9. The third kappa shape index (κ3) is 6.77.